The predicted molar refractivity (Wildman–Crippen MR) is 89.9 cm³/mol. The van der Waals surface area contributed by atoms with Gasteiger partial charge in [-0.1, -0.05) is 12.1 Å². The Morgan fingerprint density at radius 1 is 1.14 bits per heavy atom. The number of nitrogens with zero attached hydrogens (tertiary/aromatic N) is 3. The van der Waals surface area contributed by atoms with E-state index in [0.29, 0.717) is 6.54 Å². The molecule has 1 saturated heterocycles. The van der Waals surface area contributed by atoms with Crippen LogP contribution in [0.25, 0.3) is 0 Å². The van der Waals surface area contributed by atoms with Gasteiger partial charge in [0.15, 0.2) is 0 Å². The maximum absolute atomic E-state index is 11.0. The first kappa shape index (κ1) is 19.9. The highest BCUT2D eigenvalue weighted by Crippen LogP contribution is 2.28. The molecule has 1 aromatic rings. The summed E-state index contributed by atoms with van der Waals surface area (Å²) in [6.07, 6.45) is 1.01. The largest absolute Gasteiger partial charge is 0.363 e. The van der Waals surface area contributed by atoms with Crippen LogP contribution in [0, 0.1) is 10.1 Å². The van der Waals surface area contributed by atoms with Crippen LogP contribution in [-0.4, -0.2) is 49.1 Å². The molecule has 1 aromatic carbocycles. The molecule has 0 amide bonds. The molecule has 1 aliphatic heterocycles. The average molecular weight is 337 g/mol. The van der Waals surface area contributed by atoms with E-state index in [0.717, 1.165) is 44.8 Å². The third kappa shape index (κ3) is 5.32. The van der Waals surface area contributed by atoms with Crippen LogP contribution < -0.4 is 10.6 Å². The van der Waals surface area contributed by atoms with E-state index in [9.17, 15) is 10.1 Å². The number of nitro groups is 1. The van der Waals surface area contributed by atoms with Crippen LogP contribution in [0.2, 0.25) is 0 Å². The zero-order valence-corrected chi connectivity index (χ0v) is 13.4. The number of piperazine rings is 1. The molecule has 0 spiro atoms. The normalized spacial score (nSPS) is 15.0. The molecule has 1 heterocycles. The van der Waals surface area contributed by atoms with Gasteiger partial charge in [0.25, 0.3) is 5.69 Å². The SMILES string of the molecule is Cl.Cl.NCCCN1CCN(c2ccccc2[N+](=O)[O-])CC1. The lowest BCUT2D eigenvalue weighted by Gasteiger charge is -2.35. The van der Waals surface area contributed by atoms with Crippen molar-refractivity contribution in [2.45, 2.75) is 6.42 Å². The molecule has 1 fully saturated rings. The number of para-hydroxylation sites is 2. The molecule has 0 unspecified atom stereocenters. The van der Waals surface area contributed by atoms with Gasteiger partial charge in [0.1, 0.15) is 5.69 Å². The average Bonchev–Trinajstić information content (AvgIpc) is 2.45. The van der Waals surface area contributed by atoms with Crippen LogP contribution >= 0.6 is 24.8 Å². The topological polar surface area (TPSA) is 75.6 Å². The second kappa shape index (κ2) is 9.78. The number of halogens is 2. The molecular formula is C13H22Cl2N4O2. The summed E-state index contributed by atoms with van der Waals surface area (Å²) in [4.78, 5) is 15.2. The van der Waals surface area contributed by atoms with Crippen LogP contribution in [0.3, 0.4) is 0 Å². The minimum Gasteiger partial charge on any atom is -0.363 e. The van der Waals surface area contributed by atoms with Crippen molar-refractivity contribution in [3.05, 3.63) is 34.4 Å². The van der Waals surface area contributed by atoms with Crippen molar-refractivity contribution in [2.24, 2.45) is 5.73 Å². The zero-order valence-electron chi connectivity index (χ0n) is 11.8. The third-order valence-electron chi connectivity index (χ3n) is 3.47. The standard InChI is InChI=1S/C13H20N4O2.2ClH/c14-6-3-7-15-8-10-16(11-9-15)12-4-1-2-5-13(12)17(18)19;;/h1-2,4-5H,3,6-11,14H2;2*1H. The summed E-state index contributed by atoms with van der Waals surface area (Å²) in [5.74, 6) is 0. The van der Waals surface area contributed by atoms with Gasteiger partial charge in [0.2, 0.25) is 0 Å². The fraction of sp³-hybridized carbons (Fsp3) is 0.538. The van der Waals surface area contributed by atoms with Gasteiger partial charge >= 0.3 is 0 Å². The molecule has 0 aromatic heterocycles. The first-order valence-electron chi connectivity index (χ1n) is 6.63. The summed E-state index contributed by atoms with van der Waals surface area (Å²) in [6, 6.07) is 6.95. The second-order valence-corrected chi connectivity index (χ2v) is 4.72. The number of hydrogen-bond acceptors (Lipinski definition) is 5. The molecule has 2 N–H and O–H groups in total. The molecule has 1 aliphatic rings. The lowest BCUT2D eigenvalue weighted by Crippen LogP contribution is -2.47. The minimum atomic E-state index is -0.309. The van der Waals surface area contributed by atoms with E-state index in [1.54, 1.807) is 12.1 Å². The number of rotatable bonds is 5. The molecular weight excluding hydrogens is 315 g/mol. The van der Waals surface area contributed by atoms with Gasteiger partial charge in [-0.25, -0.2) is 0 Å². The maximum Gasteiger partial charge on any atom is 0.292 e. The fourth-order valence-electron chi connectivity index (χ4n) is 2.41. The van der Waals surface area contributed by atoms with Crippen molar-refractivity contribution >= 4 is 36.2 Å². The quantitative estimate of drug-likeness (QED) is 0.656. The lowest BCUT2D eigenvalue weighted by molar-refractivity contribution is -0.384. The summed E-state index contributed by atoms with van der Waals surface area (Å²) in [5, 5.41) is 11.0. The molecule has 0 aliphatic carbocycles. The van der Waals surface area contributed by atoms with Gasteiger partial charge < -0.3 is 10.6 Å². The Bertz CT molecular complexity index is 440. The minimum absolute atomic E-state index is 0. The first-order chi connectivity index (χ1) is 9.22. The molecule has 0 radical (unpaired) electrons. The van der Waals surface area contributed by atoms with Gasteiger partial charge in [0, 0.05) is 32.2 Å². The molecule has 0 atom stereocenters. The Labute approximate surface area is 137 Å². The van der Waals surface area contributed by atoms with E-state index >= 15 is 0 Å². The number of nitro benzene ring substituents is 1. The second-order valence-electron chi connectivity index (χ2n) is 4.72. The summed E-state index contributed by atoms with van der Waals surface area (Å²) in [7, 11) is 0. The molecule has 0 bridgehead atoms. The first-order valence-corrected chi connectivity index (χ1v) is 6.63. The van der Waals surface area contributed by atoms with Crippen molar-refractivity contribution < 1.29 is 4.92 Å². The van der Waals surface area contributed by atoms with Crippen molar-refractivity contribution in [1.29, 1.82) is 0 Å². The van der Waals surface area contributed by atoms with Crippen molar-refractivity contribution in [2.75, 3.05) is 44.2 Å². The van der Waals surface area contributed by atoms with E-state index in [4.69, 9.17) is 5.73 Å². The predicted octanol–water partition coefficient (Wildman–Crippen LogP) is 1.91. The van der Waals surface area contributed by atoms with E-state index in [2.05, 4.69) is 9.80 Å². The molecule has 120 valence electrons. The Balaban J connectivity index is 0.00000200. The van der Waals surface area contributed by atoms with Gasteiger partial charge in [-0.15, -0.1) is 24.8 Å². The van der Waals surface area contributed by atoms with Crippen LogP contribution in [0.15, 0.2) is 24.3 Å². The van der Waals surface area contributed by atoms with Crippen molar-refractivity contribution in [3.63, 3.8) is 0 Å². The number of anilines is 1. The van der Waals surface area contributed by atoms with Gasteiger partial charge in [-0.2, -0.15) is 0 Å². The summed E-state index contributed by atoms with van der Waals surface area (Å²) in [5.41, 5.74) is 6.43. The van der Waals surface area contributed by atoms with Crippen LogP contribution in [0.1, 0.15) is 6.42 Å². The lowest BCUT2D eigenvalue weighted by atomic mass is 10.2. The van der Waals surface area contributed by atoms with Crippen molar-refractivity contribution in [1.82, 2.24) is 4.90 Å². The molecule has 8 heteroatoms. The van der Waals surface area contributed by atoms with Gasteiger partial charge in [-0.3, -0.25) is 15.0 Å². The Morgan fingerprint density at radius 3 is 2.33 bits per heavy atom. The summed E-state index contributed by atoms with van der Waals surface area (Å²) < 4.78 is 0. The van der Waals surface area contributed by atoms with E-state index in [1.807, 2.05) is 12.1 Å². The van der Waals surface area contributed by atoms with Gasteiger partial charge in [0.05, 0.1) is 4.92 Å². The molecule has 6 nitrogen and oxygen atoms in total. The highest BCUT2D eigenvalue weighted by molar-refractivity contribution is 5.85. The molecule has 0 saturated carbocycles. The van der Waals surface area contributed by atoms with Crippen molar-refractivity contribution in [3.8, 4) is 0 Å². The van der Waals surface area contributed by atoms with Crippen LogP contribution in [0.5, 0.6) is 0 Å². The fourth-order valence-corrected chi connectivity index (χ4v) is 2.41. The molecule has 2 rings (SSSR count). The molecule has 21 heavy (non-hydrogen) atoms. The van der Waals surface area contributed by atoms with Crippen LogP contribution in [0.4, 0.5) is 11.4 Å². The number of benzene rings is 1. The van der Waals surface area contributed by atoms with Gasteiger partial charge in [-0.05, 0) is 25.6 Å². The summed E-state index contributed by atoms with van der Waals surface area (Å²) in [6.45, 7) is 5.26. The van der Waals surface area contributed by atoms with Crippen LogP contribution in [-0.2, 0) is 0 Å². The zero-order chi connectivity index (χ0) is 13.7. The highest BCUT2D eigenvalue weighted by atomic mass is 35.5. The smallest absolute Gasteiger partial charge is 0.292 e. The summed E-state index contributed by atoms with van der Waals surface area (Å²) >= 11 is 0. The van der Waals surface area contributed by atoms with E-state index < -0.39 is 0 Å². The van der Waals surface area contributed by atoms with E-state index in [-0.39, 0.29) is 35.4 Å². The Morgan fingerprint density at radius 2 is 1.76 bits per heavy atom. The number of nitrogens with two attached hydrogens (primary N) is 1. The number of hydrogen-bond donors (Lipinski definition) is 1. The Hall–Kier alpha value is -1.08. The Kier molecular flexibility index (Phi) is 9.28. The highest BCUT2D eigenvalue weighted by Gasteiger charge is 2.22. The van der Waals surface area contributed by atoms with E-state index in [1.165, 1.54) is 0 Å². The third-order valence-corrected chi connectivity index (χ3v) is 3.47. The monoisotopic (exact) mass is 336 g/mol. The maximum atomic E-state index is 11.0.